The molecule has 1 aliphatic carbocycles. The van der Waals surface area contributed by atoms with Crippen LogP contribution in [0.5, 0.6) is 0 Å². The van der Waals surface area contributed by atoms with E-state index in [0.717, 1.165) is 36.1 Å². The number of benzene rings is 1. The zero-order chi connectivity index (χ0) is 18.3. The number of fused-ring (bicyclic) bond motifs is 3. The molecule has 0 spiro atoms. The summed E-state index contributed by atoms with van der Waals surface area (Å²) >= 11 is 7.70. The lowest BCUT2D eigenvalue weighted by Crippen LogP contribution is -2.30. The van der Waals surface area contributed by atoms with E-state index in [1.54, 1.807) is 42.5 Å². The van der Waals surface area contributed by atoms with Crippen molar-refractivity contribution in [2.75, 3.05) is 5.32 Å². The van der Waals surface area contributed by atoms with Gasteiger partial charge in [-0.2, -0.15) is 0 Å². The number of carbonyl (C=O) groups is 1. The first-order valence-electron chi connectivity index (χ1n) is 8.60. The minimum Gasteiger partial charge on any atom is -0.323 e. The zero-order valence-corrected chi connectivity index (χ0v) is 15.9. The van der Waals surface area contributed by atoms with E-state index < -0.39 is 0 Å². The van der Waals surface area contributed by atoms with E-state index >= 15 is 0 Å². The molecule has 0 fully saturated rings. The number of thiophene rings is 1. The van der Waals surface area contributed by atoms with Crippen LogP contribution in [0.2, 0.25) is 5.02 Å². The number of carbonyl (C=O) groups excluding carboxylic acids is 1. The topological polar surface area (TPSA) is 64.0 Å². The standard InChI is InChI=1S/C19H18ClN3O2S/c1-11-21-18-17(12-6-2-5-9-15(12)26-18)19(25)23(11)10-16(24)22-14-8-4-3-7-13(14)20/h3-4,7-8H,2,5-6,9-10H2,1H3,(H,22,24). The van der Waals surface area contributed by atoms with Gasteiger partial charge in [0.05, 0.1) is 16.1 Å². The van der Waals surface area contributed by atoms with Crippen molar-refractivity contribution in [2.45, 2.75) is 39.2 Å². The summed E-state index contributed by atoms with van der Waals surface area (Å²) in [4.78, 5) is 32.2. The number of halogens is 1. The predicted octanol–water partition coefficient (Wildman–Crippen LogP) is 3.94. The van der Waals surface area contributed by atoms with E-state index in [-0.39, 0.29) is 18.0 Å². The number of hydrogen-bond acceptors (Lipinski definition) is 4. The minimum atomic E-state index is -0.298. The third-order valence-corrected chi connectivity index (χ3v) is 6.23. The summed E-state index contributed by atoms with van der Waals surface area (Å²) in [5.74, 6) is 0.254. The largest absolute Gasteiger partial charge is 0.323 e. The second-order valence-corrected chi connectivity index (χ2v) is 7.96. The van der Waals surface area contributed by atoms with Gasteiger partial charge in [-0.05, 0) is 50.3 Å². The number of nitrogens with one attached hydrogen (secondary N) is 1. The highest BCUT2D eigenvalue weighted by atomic mass is 35.5. The number of amides is 1. The normalized spacial score (nSPS) is 13.6. The van der Waals surface area contributed by atoms with E-state index in [1.165, 1.54) is 9.44 Å². The molecule has 3 aromatic rings. The first-order valence-corrected chi connectivity index (χ1v) is 9.80. The second-order valence-electron chi connectivity index (χ2n) is 6.47. The average molecular weight is 388 g/mol. The van der Waals surface area contributed by atoms with Crippen LogP contribution in [0.4, 0.5) is 5.69 Å². The van der Waals surface area contributed by atoms with Crippen LogP contribution in [-0.2, 0) is 24.2 Å². The number of anilines is 1. The molecule has 5 nitrogen and oxygen atoms in total. The highest BCUT2D eigenvalue weighted by Gasteiger charge is 2.21. The minimum absolute atomic E-state index is 0.0799. The van der Waals surface area contributed by atoms with Crippen molar-refractivity contribution in [1.82, 2.24) is 9.55 Å². The summed E-state index contributed by atoms with van der Waals surface area (Å²) in [6.07, 6.45) is 4.19. The van der Waals surface area contributed by atoms with Crippen molar-refractivity contribution in [3.63, 3.8) is 0 Å². The molecule has 0 bridgehead atoms. The molecule has 2 aromatic heterocycles. The number of nitrogens with zero attached hydrogens (tertiary/aromatic N) is 2. The summed E-state index contributed by atoms with van der Waals surface area (Å²) in [6, 6.07) is 7.03. The molecule has 0 saturated carbocycles. The molecule has 0 unspecified atom stereocenters. The monoisotopic (exact) mass is 387 g/mol. The molecule has 0 radical (unpaired) electrons. The molecule has 7 heteroatoms. The molecule has 1 aromatic carbocycles. The summed E-state index contributed by atoms with van der Waals surface area (Å²) < 4.78 is 1.45. The van der Waals surface area contributed by atoms with Crippen molar-refractivity contribution >= 4 is 44.7 Å². The van der Waals surface area contributed by atoms with Gasteiger partial charge in [-0.1, -0.05) is 23.7 Å². The van der Waals surface area contributed by atoms with Crippen molar-refractivity contribution in [1.29, 1.82) is 0 Å². The van der Waals surface area contributed by atoms with Crippen LogP contribution < -0.4 is 10.9 Å². The second kappa shape index (κ2) is 6.85. The molecule has 1 amide bonds. The van der Waals surface area contributed by atoms with Crippen LogP contribution in [0.25, 0.3) is 10.2 Å². The Bertz CT molecular complexity index is 1070. The van der Waals surface area contributed by atoms with E-state index in [0.29, 0.717) is 21.9 Å². The molecule has 0 saturated heterocycles. The Kier molecular flexibility index (Phi) is 4.54. The Hall–Kier alpha value is -2.18. The van der Waals surface area contributed by atoms with E-state index in [9.17, 15) is 9.59 Å². The quantitative estimate of drug-likeness (QED) is 0.740. The Labute approximate surface area is 159 Å². The van der Waals surface area contributed by atoms with Gasteiger partial charge in [-0.25, -0.2) is 4.98 Å². The predicted molar refractivity (Wildman–Crippen MR) is 105 cm³/mol. The van der Waals surface area contributed by atoms with Gasteiger partial charge in [0.2, 0.25) is 5.91 Å². The van der Waals surface area contributed by atoms with E-state index in [1.807, 2.05) is 0 Å². The first kappa shape index (κ1) is 17.2. The SMILES string of the molecule is Cc1nc2sc3c(c2c(=O)n1CC(=O)Nc1ccccc1Cl)CCCC3. The number of rotatable bonds is 3. The van der Waals surface area contributed by atoms with E-state index in [4.69, 9.17) is 11.6 Å². The van der Waals surface area contributed by atoms with Gasteiger partial charge in [0.15, 0.2) is 0 Å². The molecule has 2 heterocycles. The third kappa shape index (κ3) is 3.04. The summed E-state index contributed by atoms with van der Waals surface area (Å²) in [7, 11) is 0. The molecule has 4 rings (SSSR count). The van der Waals surface area contributed by atoms with E-state index in [2.05, 4.69) is 10.3 Å². The zero-order valence-electron chi connectivity index (χ0n) is 14.3. The van der Waals surface area contributed by atoms with Gasteiger partial charge in [0.1, 0.15) is 17.2 Å². The maximum absolute atomic E-state index is 13.1. The van der Waals surface area contributed by atoms with Gasteiger partial charge in [-0.3, -0.25) is 14.2 Å². The Balaban J connectivity index is 1.69. The Morgan fingerprint density at radius 2 is 2.08 bits per heavy atom. The fourth-order valence-electron chi connectivity index (χ4n) is 3.42. The number of hydrogen-bond donors (Lipinski definition) is 1. The molecular weight excluding hydrogens is 370 g/mol. The van der Waals surface area contributed by atoms with Crippen molar-refractivity contribution in [3.05, 3.63) is 55.9 Å². The molecule has 134 valence electrons. The van der Waals surface area contributed by atoms with Crippen LogP contribution in [0, 0.1) is 6.92 Å². The maximum Gasteiger partial charge on any atom is 0.263 e. The molecule has 0 aliphatic heterocycles. The van der Waals surface area contributed by atoms with Gasteiger partial charge < -0.3 is 5.32 Å². The molecule has 1 aliphatic rings. The highest BCUT2D eigenvalue weighted by Crippen LogP contribution is 2.33. The first-order chi connectivity index (χ1) is 12.5. The van der Waals surface area contributed by atoms with Crippen molar-refractivity contribution in [3.8, 4) is 0 Å². The fraction of sp³-hybridized carbons (Fsp3) is 0.316. The molecule has 26 heavy (non-hydrogen) atoms. The number of para-hydroxylation sites is 1. The van der Waals surface area contributed by atoms with Crippen LogP contribution >= 0.6 is 22.9 Å². The lowest BCUT2D eigenvalue weighted by molar-refractivity contribution is -0.116. The Morgan fingerprint density at radius 1 is 1.31 bits per heavy atom. The van der Waals surface area contributed by atoms with Crippen LogP contribution in [0.1, 0.15) is 29.1 Å². The smallest absolute Gasteiger partial charge is 0.263 e. The van der Waals surface area contributed by atoms with Crippen molar-refractivity contribution in [2.24, 2.45) is 0 Å². The third-order valence-electron chi connectivity index (χ3n) is 4.72. The number of aromatic nitrogens is 2. The number of aryl methyl sites for hydroxylation is 3. The molecular formula is C19H18ClN3O2S. The lowest BCUT2D eigenvalue weighted by atomic mass is 9.97. The summed E-state index contributed by atoms with van der Waals surface area (Å²) in [5.41, 5.74) is 1.54. The average Bonchev–Trinajstić information content (AvgIpc) is 2.98. The van der Waals surface area contributed by atoms with Gasteiger partial charge in [0.25, 0.3) is 5.56 Å². The van der Waals surface area contributed by atoms with Gasteiger partial charge in [0, 0.05) is 4.88 Å². The summed E-state index contributed by atoms with van der Waals surface area (Å²) in [5, 5.41) is 3.92. The van der Waals surface area contributed by atoms with Gasteiger partial charge in [-0.15, -0.1) is 11.3 Å². The van der Waals surface area contributed by atoms with Gasteiger partial charge >= 0.3 is 0 Å². The van der Waals surface area contributed by atoms with Crippen LogP contribution in [0.3, 0.4) is 0 Å². The maximum atomic E-state index is 13.1. The highest BCUT2D eigenvalue weighted by molar-refractivity contribution is 7.18. The molecule has 0 atom stereocenters. The summed E-state index contributed by atoms with van der Waals surface area (Å²) in [6.45, 7) is 1.69. The van der Waals surface area contributed by atoms with Crippen LogP contribution in [-0.4, -0.2) is 15.5 Å². The van der Waals surface area contributed by atoms with Crippen molar-refractivity contribution < 1.29 is 4.79 Å². The Morgan fingerprint density at radius 3 is 2.88 bits per heavy atom. The lowest BCUT2D eigenvalue weighted by Gasteiger charge is -2.12. The fourth-order valence-corrected chi connectivity index (χ4v) is 4.90. The molecule has 1 N–H and O–H groups in total. The van der Waals surface area contributed by atoms with Crippen LogP contribution in [0.15, 0.2) is 29.1 Å².